The van der Waals surface area contributed by atoms with Gasteiger partial charge in [-0.25, -0.2) is 0 Å². The van der Waals surface area contributed by atoms with Crippen LogP contribution in [0.1, 0.15) is 27.0 Å². The van der Waals surface area contributed by atoms with Crippen molar-refractivity contribution in [2.24, 2.45) is 0 Å². The minimum absolute atomic E-state index is 0.0570. The number of nitrogens with one attached hydrogen (secondary N) is 1. The normalized spacial score (nSPS) is 15.1. The molecule has 0 saturated carbocycles. The molecule has 3 aromatic rings. The monoisotopic (exact) mass is 358 g/mol. The molecule has 1 N–H and O–H groups in total. The van der Waals surface area contributed by atoms with Gasteiger partial charge in [-0.1, -0.05) is 24.3 Å². The molecule has 0 unspecified atom stereocenters. The van der Waals surface area contributed by atoms with E-state index in [2.05, 4.69) is 22.4 Å². The predicted molar refractivity (Wildman–Crippen MR) is 106 cm³/mol. The van der Waals surface area contributed by atoms with Crippen LogP contribution in [-0.4, -0.2) is 23.5 Å². The molecular weight excluding hydrogens is 336 g/mol. The molecule has 0 fully saturated rings. The first kappa shape index (κ1) is 17.3. The summed E-state index contributed by atoms with van der Waals surface area (Å²) in [5, 5.41) is 3.01. The number of carbonyl (C=O) groups excluding carboxylic acids is 1. The Bertz CT molecular complexity index is 983. The maximum absolute atomic E-state index is 12.5. The van der Waals surface area contributed by atoms with Gasteiger partial charge in [-0.05, 0) is 60.4 Å². The van der Waals surface area contributed by atoms with Crippen molar-refractivity contribution < 1.29 is 9.53 Å². The van der Waals surface area contributed by atoms with E-state index in [1.807, 2.05) is 50.2 Å². The van der Waals surface area contributed by atoms with Gasteiger partial charge in [-0.3, -0.25) is 9.78 Å². The summed E-state index contributed by atoms with van der Waals surface area (Å²) in [5.41, 5.74) is 6.32. The molecule has 27 heavy (non-hydrogen) atoms. The highest BCUT2D eigenvalue weighted by atomic mass is 16.5. The van der Waals surface area contributed by atoms with Crippen LogP contribution in [0.5, 0.6) is 5.75 Å². The fourth-order valence-corrected chi connectivity index (χ4v) is 3.40. The lowest BCUT2D eigenvalue weighted by Crippen LogP contribution is -2.34. The van der Waals surface area contributed by atoms with E-state index in [-0.39, 0.29) is 12.0 Å². The van der Waals surface area contributed by atoms with Crippen molar-refractivity contribution in [2.75, 3.05) is 6.54 Å². The summed E-state index contributed by atoms with van der Waals surface area (Å²) in [7, 11) is 0. The van der Waals surface area contributed by atoms with E-state index in [9.17, 15) is 4.79 Å². The maximum atomic E-state index is 12.5. The van der Waals surface area contributed by atoms with Gasteiger partial charge in [0, 0.05) is 29.9 Å². The number of fused-ring (bicyclic) bond motifs is 1. The maximum Gasteiger partial charge on any atom is 0.251 e. The summed E-state index contributed by atoms with van der Waals surface area (Å²) in [6.07, 6.45) is 4.30. The Morgan fingerprint density at radius 2 is 1.93 bits per heavy atom. The summed E-state index contributed by atoms with van der Waals surface area (Å²) < 4.78 is 6.19. The van der Waals surface area contributed by atoms with Gasteiger partial charge in [0.25, 0.3) is 5.91 Å². The predicted octanol–water partition coefficient (Wildman–Crippen LogP) is 4.10. The minimum Gasteiger partial charge on any atom is -0.487 e. The molecule has 0 saturated heterocycles. The first-order valence-electron chi connectivity index (χ1n) is 9.16. The molecule has 0 radical (unpaired) electrons. The summed E-state index contributed by atoms with van der Waals surface area (Å²) in [4.78, 5) is 16.5. The van der Waals surface area contributed by atoms with E-state index in [1.165, 1.54) is 11.1 Å². The van der Waals surface area contributed by atoms with E-state index < -0.39 is 0 Å². The second-order valence-electron chi connectivity index (χ2n) is 6.98. The van der Waals surface area contributed by atoms with Crippen molar-refractivity contribution >= 4 is 5.91 Å². The zero-order valence-electron chi connectivity index (χ0n) is 15.5. The van der Waals surface area contributed by atoms with Gasteiger partial charge in [0.15, 0.2) is 0 Å². The molecule has 2 aromatic carbocycles. The van der Waals surface area contributed by atoms with E-state index >= 15 is 0 Å². The first-order valence-corrected chi connectivity index (χ1v) is 9.16. The third-order valence-corrected chi connectivity index (χ3v) is 5.08. The van der Waals surface area contributed by atoms with Crippen LogP contribution in [0.2, 0.25) is 0 Å². The number of benzene rings is 2. The SMILES string of the molecule is Cc1ccc(C(=O)NC[C@@H]2Cc3cccc(-c4ccncc4)c3O2)cc1C. The molecular formula is C23H22N2O2. The van der Waals surface area contributed by atoms with Crippen molar-refractivity contribution in [3.63, 3.8) is 0 Å². The molecule has 1 aromatic heterocycles. The molecule has 1 amide bonds. The van der Waals surface area contributed by atoms with Crippen LogP contribution < -0.4 is 10.1 Å². The lowest BCUT2D eigenvalue weighted by molar-refractivity contribution is 0.0933. The molecule has 1 aliphatic heterocycles. The standard InChI is InChI=1S/C23H22N2O2/c1-15-6-7-19(12-16(15)2)23(26)25-14-20-13-18-4-3-5-21(22(18)27-20)17-8-10-24-11-9-17/h3-12,20H,13-14H2,1-2H3,(H,25,26)/t20-/m0/s1. The zero-order chi connectivity index (χ0) is 18.8. The van der Waals surface area contributed by atoms with Crippen molar-refractivity contribution in [3.8, 4) is 16.9 Å². The average Bonchev–Trinajstić information content (AvgIpc) is 3.12. The van der Waals surface area contributed by atoms with E-state index in [0.29, 0.717) is 12.1 Å². The number of hydrogen-bond donors (Lipinski definition) is 1. The number of amides is 1. The molecule has 4 rings (SSSR count). The molecule has 1 atom stereocenters. The zero-order valence-corrected chi connectivity index (χ0v) is 15.5. The summed E-state index contributed by atoms with van der Waals surface area (Å²) in [5.74, 6) is 0.848. The number of para-hydroxylation sites is 1. The third-order valence-electron chi connectivity index (χ3n) is 5.08. The molecule has 4 nitrogen and oxygen atoms in total. The second kappa shape index (κ2) is 7.23. The quantitative estimate of drug-likeness (QED) is 0.764. The van der Waals surface area contributed by atoms with Gasteiger partial charge in [0.05, 0.1) is 6.54 Å². The second-order valence-corrected chi connectivity index (χ2v) is 6.98. The van der Waals surface area contributed by atoms with Gasteiger partial charge in [0.2, 0.25) is 0 Å². The van der Waals surface area contributed by atoms with Gasteiger partial charge in [-0.2, -0.15) is 0 Å². The summed E-state index contributed by atoms with van der Waals surface area (Å²) in [6, 6.07) is 15.9. The van der Waals surface area contributed by atoms with Crippen LogP contribution in [0.25, 0.3) is 11.1 Å². The Kier molecular flexibility index (Phi) is 4.63. The number of carbonyl (C=O) groups is 1. The van der Waals surface area contributed by atoms with Crippen molar-refractivity contribution in [2.45, 2.75) is 26.4 Å². The number of hydrogen-bond acceptors (Lipinski definition) is 3. The van der Waals surface area contributed by atoms with Crippen molar-refractivity contribution in [1.29, 1.82) is 0 Å². The fourth-order valence-electron chi connectivity index (χ4n) is 3.40. The van der Waals surface area contributed by atoms with Crippen LogP contribution in [0.15, 0.2) is 60.9 Å². The smallest absolute Gasteiger partial charge is 0.251 e. The lowest BCUT2D eigenvalue weighted by Gasteiger charge is -2.14. The van der Waals surface area contributed by atoms with Gasteiger partial charge in [-0.15, -0.1) is 0 Å². The van der Waals surface area contributed by atoms with Gasteiger partial charge >= 0.3 is 0 Å². The summed E-state index contributed by atoms with van der Waals surface area (Å²) in [6.45, 7) is 4.54. The van der Waals surface area contributed by atoms with Gasteiger partial charge in [0.1, 0.15) is 11.9 Å². The molecule has 136 valence electrons. The molecule has 4 heteroatoms. The highest BCUT2D eigenvalue weighted by Gasteiger charge is 2.26. The van der Waals surface area contributed by atoms with Crippen molar-refractivity contribution in [1.82, 2.24) is 10.3 Å². The number of ether oxygens (including phenoxy) is 1. The lowest BCUT2D eigenvalue weighted by atomic mass is 10.0. The highest BCUT2D eigenvalue weighted by Crippen LogP contribution is 2.38. The molecule has 2 heterocycles. The van der Waals surface area contributed by atoms with Crippen LogP contribution in [0.3, 0.4) is 0 Å². The molecule has 0 spiro atoms. The Balaban J connectivity index is 1.45. The minimum atomic E-state index is -0.0630. The number of pyridine rings is 1. The number of nitrogens with zero attached hydrogens (tertiary/aromatic N) is 1. The number of aromatic nitrogens is 1. The Morgan fingerprint density at radius 3 is 2.70 bits per heavy atom. The summed E-state index contributed by atoms with van der Waals surface area (Å²) >= 11 is 0. The van der Waals surface area contributed by atoms with E-state index in [1.54, 1.807) is 12.4 Å². The van der Waals surface area contributed by atoms with Crippen LogP contribution in [0, 0.1) is 13.8 Å². The Morgan fingerprint density at radius 1 is 1.11 bits per heavy atom. The van der Waals surface area contributed by atoms with Crippen LogP contribution in [0.4, 0.5) is 0 Å². The van der Waals surface area contributed by atoms with E-state index in [0.717, 1.165) is 28.9 Å². The Hall–Kier alpha value is -3.14. The topological polar surface area (TPSA) is 51.2 Å². The largest absolute Gasteiger partial charge is 0.487 e. The average molecular weight is 358 g/mol. The van der Waals surface area contributed by atoms with Crippen molar-refractivity contribution in [3.05, 3.63) is 83.2 Å². The Labute approximate surface area is 159 Å². The molecule has 0 aliphatic carbocycles. The third kappa shape index (κ3) is 3.56. The van der Waals surface area contributed by atoms with Gasteiger partial charge < -0.3 is 10.1 Å². The first-order chi connectivity index (χ1) is 13.1. The fraction of sp³-hybridized carbons (Fsp3) is 0.217. The molecule has 0 bridgehead atoms. The van der Waals surface area contributed by atoms with E-state index in [4.69, 9.17) is 4.74 Å². The number of rotatable bonds is 4. The van der Waals surface area contributed by atoms with Crippen LogP contribution in [-0.2, 0) is 6.42 Å². The number of aryl methyl sites for hydroxylation is 2. The molecule has 1 aliphatic rings. The van der Waals surface area contributed by atoms with Crippen LogP contribution >= 0.6 is 0 Å². The highest BCUT2D eigenvalue weighted by molar-refractivity contribution is 5.94.